The molecule has 2 rings (SSSR count). The van der Waals surface area contributed by atoms with Gasteiger partial charge in [0.25, 0.3) is 0 Å². The molecule has 1 unspecified atom stereocenters. The van der Waals surface area contributed by atoms with E-state index in [-0.39, 0.29) is 0 Å². The summed E-state index contributed by atoms with van der Waals surface area (Å²) in [6.07, 6.45) is 2.17. The van der Waals surface area contributed by atoms with Crippen LogP contribution in [0.5, 0.6) is 0 Å². The summed E-state index contributed by atoms with van der Waals surface area (Å²) in [5.41, 5.74) is 2.81. The molecule has 0 radical (unpaired) electrons. The second-order valence-corrected chi connectivity index (χ2v) is 5.41. The number of nitrogens with zero attached hydrogens (tertiary/aromatic N) is 1. The molecule has 0 spiro atoms. The second-order valence-electron chi connectivity index (χ2n) is 4.42. The molecular weight excluding hydrogens is 216 g/mol. The molecule has 0 saturated heterocycles. The van der Waals surface area contributed by atoms with E-state index in [1.807, 2.05) is 11.8 Å². The van der Waals surface area contributed by atoms with Gasteiger partial charge in [-0.1, -0.05) is 18.2 Å². The van der Waals surface area contributed by atoms with Gasteiger partial charge in [0.1, 0.15) is 0 Å². The van der Waals surface area contributed by atoms with Crippen molar-refractivity contribution in [2.24, 2.45) is 0 Å². The minimum atomic E-state index is 0.656. The van der Waals surface area contributed by atoms with Crippen LogP contribution in [0.25, 0.3) is 0 Å². The third-order valence-corrected chi connectivity index (χ3v) is 3.74. The van der Waals surface area contributed by atoms with Crippen molar-refractivity contribution in [3.63, 3.8) is 0 Å². The van der Waals surface area contributed by atoms with Crippen molar-refractivity contribution >= 4 is 17.4 Å². The van der Waals surface area contributed by atoms with E-state index in [0.717, 1.165) is 13.1 Å². The summed E-state index contributed by atoms with van der Waals surface area (Å²) in [6, 6.07) is 8.67. The predicted molar refractivity (Wildman–Crippen MR) is 73.6 cm³/mol. The lowest BCUT2D eigenvalue weighted by atomic mass is 10.0. The number of likely N-dealkylation sites (N-methyl/N-ethyl adjacent to an activating group) is 1. The molecule has 0 fully saturated rings. The summed E-state index contributed by atoms with van der Waals surface area (Å²) in [6.45, 7) is 3.42. The standard InChI is InChI=1S/C13H20N2S/c1-15(7-8-16-2)10-11-9-14-13-6-4-3-5-12(11)13/h3-6,11,14H,7-10H2,1-2H3. The average molecular weight is 236 g/mol. The fraction of sp³-hybridized carbons (Fsp3) is 0.538. The largest absolute Gasteiger partial charge is 0.384 e. The van der Waals surface area contributed by atoms with Gasteiger partial charge in [-0.05, 0) is 24.9 Å². The van der Waals surface area contributed by atoms with E-state index in [1.54, 1.807) is 0 Å². The lowest BCUT2D eigenvalue weighted by Gasteiger charge is -2.20. The van der Waals surface area contributed by atoms with Crippen LogP contribution >= 0.6 is 11.8 Å². The Morgan fingerprint density at radius 3 is 3.06 bits per heavy atom. The molecule has 0 amide bonds. The Kier molecular flexibility index (Phi) is 4.13. The molecule has 1 heterocycles. The quantitative estimate of drug-likeness (QED) is 0.845. The minimum Gasteiger partial charge on any atom is -0.384 e. The molecule has 0 aromatic heterocycles. The molecule has 1 atom stereocenters. The maximum absolute atomic E-state index is 3.48. The van der Waals surface area contributed by atoms with Crippen LogP contribution in [0.1, 0.15) is 11.5 Å². The van der Waals surface area contributed by atoms with Gasteiger partial charge in [-0.3, -0.25) is 0 Å². The first-order valence-corrected chi connectivity index (χ1v) is 7.21. The van der Waals surface area contributed by atoms with Crippen LogP contribution in [0.15, 0.2) is 24.3 Å². The van der Waals surface area contributed by atoms with Gasteiger partial charge in [0.2, 0.25) is 0 Å². The highest BCUT2D eigenvalue weighted by Gasteiger charge is 2.22. The van der Waals surface area contributed by atoms with E-state index in [1.165, 1.54) is 23.5 Å². The lowest BCUT2D eigenvalue weighted by Crippen LogP contribution is -2.27. The van der Waals surface area contributed by atoms with Gasteiger partial charge >= 0.3 is 0 Å². The third kappa shape index (κ3) is 2.71. The van der Waals surface area contributed by atoms with E-state index in [2.05, 4.69) is 47.8 Å². The summed E-state index contributed by atoms with van der Waals surface area (Å²) in [7, 11) is 2.22. The summed E-state index contributed by atoms with van der Waals surface area (Å²) in [5, 5.41) is 3.48. The number of thioether (sulfide) groups is 1. The maximum atomic E-state index is 3.48. The number of para-hydroxylation sites is 1. The van der Waals surface area contributed by atoms with Crippen LogP contribution in [0.2, 0.25) is 0 Å². The molecule has 1 aliphatic heterocycles. The molecule has 1 N–H and O–H groups in total. The number of anilines is 1. The van der Waals surface area contributed by atoms with Crippen molar-refractivity contribution in [1.82, 2.24) is 4.90 Å². The number of hydrogen-bond donors (Lipinski definition) is 1. The van der Waals surface area contributed by atoms with Crippen molar-refractivity contribution in [2.45, 2.75) is 5.92 Å². The number of nitrogens with one attached hydrogen (secondary N) is 1. The van der Waals surface area contributed by atoms with Crippen LogP contribution in [-0.2, 0) is 0 Å². The van der Waals surface area contributed by atoms with E-state index < -0.39 is 0 Å². The lowest BCUT2D eigenvalue weighted by molar-refractivity contribution is 0.336. The highest BCUT2D eigenvalue weighted by molar-refractivity contribution is 7.98. The highest BCUT2D eigenvalue weighted by atomic mass is 32.2. The van der Waals surface area contributed by atoms with Crippen LogP contribution in [-0.4, -0.2) is 43.6 Å². The Balaban J connectivity index is 1.92. The Morgan fingerprint density at radius 2 is 2.25 bits per heavy atom. The average Bonchev–Trinajstić information content (AvgIpc) is 2.70. The minimum absolute atomic E-state index is 0.656. The molecule has 1 aliphatic rings. The fourth-order valence-corrected chi connectivity index (χ4v) is 2.73. The van der Waals surface area contributed by atoms with Crippen LogP contribution in [0.3, 0.4) is 0 Å². The zero-order chi connectivity index (χ0) is 11.4. The zero-order valence-electron chi connectivity index (χ0n) is 10.1. The van der Waals surface area contributed by atoms with Crippen molar-refractivity contribution in [2.75, 3.05) is 44.0 Å². The van der Waals surface area contributed by atoms with Crippen LogP contribution in [0, 0.1) is 0 Å². The van der Waals surface area contributed by atoms with Crippen molar-refractivity contribution < 1.29 is 0 Å². The van der Waals surface area contributed by atoms with Gasteiger partial charge in [0, 0.05) is 37.0 Å². The van der Waals surface area contributed by atoms with Crippen LogP contribution < -0.4 is 5.32 Å². The molecule has 1 aromatic rings. The smallest absolute Gasteiger partial charge is 0.0376 e. The Bertz CT molecular complexity index is 340. The Labute approximate surface area is 102 Å². The number of rotatable bonds is 5. The first-order chi connectivity index (χ1) is 7.81. The summed E-state index contributed by atoms with van der Waals surface area (Å²) < 4.78 is 0. The molecule has 1 aromatic carbocycles. The fourth-order valence-electron chi connectivity index (χ4n) is 2.23. The Hall–Kier alpha value is -0.670. The highest BCUT2D eigenvalue weighted by Crippen LogP contribution is 2.31. The van der Waals surface area contributed by atoms with E-state index in [0.29, 0.717) is 5.92 Å². The van der Waals surface area contributed by atoms with E-state index in [9.17, 15) is 0 Å². The first-order valence-electron chi connectivity index (χ1n) is 5.81. The molecular formula is C13H20N2S. The van der Waals surface area contributed by atoms with Gasteiger partial charge in [0.05, 0.1) is 0 Å². The van der Waals surface area contributed by atoms with Gasteiger partial charge in [-0.15, -0.1) is 0 Å². The normalized spacial score (nSPS) is 18.6. The first kappa shape index (κ1) is 11.8. The molecule has 0 bridgehead atoms. The van der Waals surface area contributed by atoms with Gasteiger partial charge in [0.15, 0.2) is 0 Å². The SMILES string of the molecule is CSCCN(C)CC1CNc2ccccc21. The third-order valence-electron chi connectivity index (χ3n) is 3.15. The van der Waals surface area contributed by atoms with Crippen molar-refractivity contribution in [3.8, 4) is 0 Å². The summed E-state index contributed by atoms with van der Waals surface area (Å²) in [5.74, 6) is 1.88. The molecule has 3 heteroatoms. The van der Waals surface area contributed by atoms with Crippen LogP contribution in [0.4, 0.5) is 5.69 Å². The van der Waals surface area contributed by atoms with Gasteiger partial charge < -0.3 is 10.2 Å². The van der Waals surface area contributed by atoms with E-state index in [4.69, 9.17) is 0 Å². The predicted octanol–water partition coefficient (Wildman–Crippen LogP) is 2.49. The Morgan fingerprint density at radius 1 is 1.44 bits per heavy atom. The molecule has 16 heavy (non-hydrogen) atoms. The van der Waals surface area contributed by atoms with Gasteiger partial charge in [-0.25, -0.2) is 0 Å². The van der Waals surface area contributed by atoms with Crippen molar-refractivity contribution in [1.29, 1.82) is 0 Å². The summed E-state index contributed by atoms with van der Waals surface area (Å²) in [4.78, 5) is 2.44. The molecule has 88 valence electrons. The molecule has 2 nitrogen and oxygen atoms in total. The molecule has 0 aliphatic carbocycles. The van der Waals surface area contributed by atoms with Gasteiger partial charge in [-0.2, -0.15) is 11.8 Å². The van der Waals surface area contributed by atoms with Crippen molar-refractivity contribution in [3.05, 3.63) is 29.8 Å². The topological polar surface area (TPSA) is 15.3 Å². The molecule has 0 saturated carbocycles. The number of benzene rings is 1. The second kappa shape index (κ2) is 5.60. The maximum Gasteiger partial charge on any atom is 0.0376 e. The number of fused-ring (bicyclic) bond motifs is 1. The number of hydrogen-bond acceptors (Lipinski definition) is 3. The van der Waals surface area contributed by atoms with E-state index >= 15 is 0 Å². The monoisotopic (exact) mass is 236 g/mol. The summed E-state index contributed by atoms with van der Waals surface area (Å²) >= 11 is 1.92. The zero-order valence-corrected chi connectivity index (χ0v) is 10.9.